The Labute approximate surface area is 169 Å². The van der Waals surface area contributed by atoms with Gasteiger partial charge in [-0.3, -0.25) is 14.3 Å². The van der Waals surface area contributed by atoms with Crippen LogP contribution in [0.1, 0.15) is 25.7 Å². The lowest BCUT2D eigenvalue weighted by molar-refractivity contribution is -0.145. The molecule has 29 heavy (non-hydrogen) atoms. The second-order valence-corrected chi connectivity index (χ2v) is 7.80. The quantitative estimate of drug-likeness (QED) is 0.824. The molecule has 1 aromatic carbocycles. The van der Waals surface area contributed by atoms with E-state index in [9.17, 15) is 14.0 Å². The number of halogens is 1. The molecule has 0 radical (unpaired) electrons. The highest BCUT2D eigenvalue weighted by molar-refractivity contribution is 5.93. The van der Waals surface area contributed by atoms with Crippen LogP contribution in [-0.4, -0.2) is 52.7 Å². The molecule has 2 saturated heterocycles. The fourth-order valence-electron chi connectivity index (χ4n) is 4.35. The van der Waals surface area contributed by atoms with Gasteiger partial charge in [0.15, 0.2) is 0 Å². The standard InChI is InChI=1S/C21H26FN5O2/c22-17-3-1-4-18(15-17)25-19(28)16-5-13-26(14-6-16)20(29)21(7-10-23-11-8-21)27-12-2-9-24-27/h1-4,9,12,15-16,23H,5-8,10-11,13-14H2,(H,25,28). The normalized spacial score (nSPS) is 19.7. The summed E-state index contributed by atoms with van der Waals surface area (Å²) in [6, 6.07) is 7.74. The number of aromatic nitrogens is 2. The van der Waals surface area contributed by atoms with E-state index in [0.717, 1.165) is 13.1 Å². The Morgan fingerprint density at radius 1 is 1.17 bits per heavy atom. The van der Waals surface area contributed by atoms with Crippen LogP contribution in [0, 0.1) is 11.7 Å². The van der Waals surface area contributed by atoms with Crippen molar-refractivity contribution >= 4 is 17.5 Å². The Balaban J connectivity index is 1.39. The van der Waals surface area contributed by atoms with Gasteiger partial charge in [-0.15, -0.1) is 0 Å². The molecule has 2 N–H and O–H groups in total. The van der Waals surface area contributed by atoms with Crippen molar-refractivity contribution in [3.63, 3.8) is 0 Å². The Kier molecular flexibility index (Phi) is 5.62. The number of anilines is 1. The molecule has 0 bridgehead atoms. The lowest BCUT2D eigenvalue weighted by atomic mass is 9.85. The third-order valence-electron chi connectivity index (χ3n) is 6.02. The van der Waals surface area contributed by atoms with E-state index >= 15 is 0 Å². The molecule has 2 aliphatic rings. The van der Waals surface area contributed by atoms with Gasteiger partial charge < -0.3 is 15.5 Å². The van der Waals surface area contributed by atoms with Crippen molar-refractivity contribution in [1.82, 2.24) is 20.0 Å². The molecule has 4 rings (SSSR count). The minimum atomic E-state index is -0.647. The zero-order valence-electron chi connectivity index (χ0n) is 16.3. The highest BCUT2D eigenvalue weighted by Gasteiger charge is 2.45. The van der Waals surface area contributed by atoms with Gasteiger partial charge >= 0.3 is 0 Å². The fraction of sp³-hybridized carbons (Fsp3) is 0.476. The summed E-state index contributed by atoms with van der Waals surface area (Å²) < 4.78 is 15.1. The minimum absolute atomic E-state index is 0.0895. The Morgan fingerprint density at radius 3 is 2.59 bits per heavy atom. The first-order valence-corrected chi connectivity index (χ1v) is 10.2. The van der Waals surface area contributed by atoms with E-state index in [1.165, 1.54) is 12.1 Å². The second kappa shape index (κ2) is 8.32. The van der Waals surface area contributed by atoms with Gasteiger partial charge in [-0.05, 0) is 63.0 Å². The van der Waals surface area contributed by atoms with Crippen molar-refractivity contribution in [2.24, 2.45) is 5.92 Å². The molecule has 0 unspecified atom stereocenters. The van der Waals surface area contributed by atoms with Gasteiger partial charge in [-0.2, -0.15) is 5.10 Å². The number of nitrogens with zero attached hydrogens (tertiary/aromatic N) is 3. The maximum Gasteiger partial charge on any atom is 0.250 e. The molecule has 1 aromatic heterocycles. The number of hydrogen-bond acceptors (Lipinski definition) is 4. The van der Waals surface area contributed by atoms with Crippen LogP contribution >= 0.6 is 0 Å². The van der Waals surface area contributed by atoms with Gasteiger partial charge in [-0.25, -0.2) is 4.39 Å². The van der Waals surface area contributed by atoms with E-state index in [-0.39, 0.29) is 23.5 Å². The Morgan fingerprint density at radius 2 is 1.93 bits per heavy atom. The first-order valence-electron chi connectivity index (χ1n) is 10.2. The summed E-state index contributed by atoms with van der Waals surface area (Å²) in [5, 5.41) is 10.5. The zero-order valence-corrected chi connectivity index (χ0v) is 16.3. The van der Waals surface area contributed by atoms with E-state index in [0.29, 0.717) is 44.5 Å². The van der Waals surface area contributed by atoms with Gasteiger partial charge in [-0.1, -0.05) is 6.07 Å². The predicted molar refractivity (Wildman–Crippen MR) is 107 cm³/mol. The topological polar surface area (TPSA) is 79.3 Å². The summed E-state index contributed by atoms with van der Waals surface area (Å²) in [5.41, 5.74) is -0.188. The summed E-state index contributed by atoms with van der Waals surface area (Å²) in [6.07, 6.45) is 6.17. The molecule has 0 saturated carbocycles. The van der Waals surface area contributed by atoms with Crippen molar-refractivity contribution in [2.45, 2.75) is 31.2 Å². The predicted octanol–water partition coefficient (Wildman–Crippen LogP) is 1.98. The van der Waals surface area contributed by atoms with Gasteiger partial charge in [0.25, 0.3) is 5.91 Å². The molecule has 3 heterocycles. The van der Waals surface area contributed by atoms with Crippen molar-refractivity contribution < 1.29 is 14.0 Å². The number of amides is 2. The molecule has 2 aromatic rings. The first kappa shape index (κ1) is 19.6. The van der Waals surface area contributed by atoms with E-state index in [2.05, 4.69) is 15.7 Å². The molecular weight excluding hydrogens is 373 g/mol. The number of rotatable bonds is 4. The highest BCUT2D eigenvalue weighted by atomic mass is 19.1. The molecule has 0 aliphatic carbocycles. The average molecular weight is 399 g/mol. The molecule has 2 aliphatic heterocycles. The number of hydrogen-bond donors (Lipinski definition) is 2. The maximum atomic E-state index is 13.5. The van der Waals surface area contributed by atoms with E-state index in [4.69, 9.17) is 0 Å². The molecule has 2 fully saturated rings. The maximum absolute atomic E-state index is 13.5. The molecule has 2 amide bonds. The molecule has 0 spiro atoms. The lowest BCUT2D eigenvalue weighted by Gasteiger charge is -2.42. The van der Waals surface area contributed by atoms with Gasteiger partial charge in [0.05, 0.1) is 0 Å². The number of piperidine rings is 2. The molecule has 8 heteroatoms. The van der Waals surface area contributed by atoms with Crippen molar-refractivity contribution in [3.05, 3.63) is 48.5 Å². The Hall–Kier alpha value is -2.74. The van der Waals surface area contributed by atoms with Gasteiger partial charge in [0, 0.05) is 37.1 Å². The van der Waals surface area contributed by atoms with Crippen LogP contribution in [0.25, 0.3) is 0 Å². The number of likely N-dealkylation sites (tertiary alicyclic amines) is 1. The van der Waals surface area contributed by atoms with Crippen LogP contribution in [-0.2, 0) is 15.1 Å². The molecule has 154 valence electrons. The van der Waals surface area contributed by atoms with Crippen LogP contribution in [0.2, 0.25) is 0 Å². The summed E-state index contributed by atoms with van der Waals surface area (Å²) in [6.45, 7) is 2.63. The number of carbonyl (C=O) groups is 2. The fourth-order valence-corrected chi connectivity index (χ4v) is 4.35. The summed E-state index contributed by atoms with van der Waals surface area (Å²) in [7, 11) is 0. The summed E-state index contributed by atoms with van der Waals surface area (Å²) in [4.78, 5) is 27.9. The SMILES string of the molecule is O=C(Nc1cccc(F)c1)C1CCN(C(=O)C2(n3cccn3)CCNCC2)CC1. The third kappa shape index (κ3) is 4.03. The number of nitrogens with one attached hydrogen (secondary N) is 2. The summed E-state index contributed by atoms with van der Waals surface area (Å²) >= 11 is 0. The van der Waals surface area contributed by atoms with Crippen molar-refractivity contribution in [1.29, 1.82) is 0 Å². The monoisotopic (exact) mass is 399 g/mol. The second-order valence-electron chi connectivity index (χ2n) is 7.80. The van der Waals surface area contributed by atoms with Gasteiger partial charge in [0.1, 0.15) is 11.4 Å². The van der Waals surface area contributed by atoms with Crippen LogP contribution in [0.5, 0.6) is 0 Å². The molecule has 0 atom stereocenters. The van der Waals surface area contributed by atoms with Crippen molar-refractivity contribution in [2.75, 3.05) is 31.5 Å². The number of benzene rings is 1. The van der Waals surface area contributed by atoms with Gasteiger partial charge in [0.2, 0.25) is 5.91 Å². The summed E-state index contributed by atoms with van der Waals surface area (Å²) in [5.74, 6) is -0.594. The highest BCUT2D eigenvalue weighted by Crippen LogP contribution is 2.31. The largest absolute Gasteiger partial charge is 0.341 e. The minimum Gasteiger partial charge on any atom is -0.341 e. The van der Waals surface area contributed by atoms with E-state index in [1.54, 1.807) is 23.0 Å². The average Bonchev–Trinajstić information content (AvgIpc) is 3.29. The molecule has 7 nitrogen and oxygen atoms in total. The molecular formula is C21H26FN5O2. The van der Waals surface area contributed by atoms with Crippen LogP contribution < -0.4 is 10.6 Å². The van der Waals surface area contributed by atoms with Crippen LogP contribution in [0.15, 0.2) is 42.7 Å². The Bertz CT molecular complexity index is 856. The van der Waals surface area contributed by atoms with E-state index < -0.39 is 5.54 Å². The lowest BCUT2D eigenvalue weighted by Crippen LogP contribution is -2.57. The van der Waals surface area contributed by atoms with Crippen molar-refractivity contribution in [3.8, 4) is 0 Å². The van der Waals surface area contributed by atoms with Crippen LogP contribution in [0.4, 0.5) is 10.1 Å². The third-order valence-corrected chi connectivity index (χ3v) is 6.02. The smallest absolute Gasteiger partial charge is 0.250 e. The van der Waals surface area contributed by atoms with Crippen LogP contribution in [0.3, 0.4) is 0 Å². The van der Waals surface area contributed by atoms with E-state index in [1.807, 2.05) is 17.2 Å². The zero-order chi connectivity index (χ0) is 20.3. The number of carbonyl (C=O) groups excluding carboxylic acids is 2. The first-order chi connectivity index (χ1) is 14.1.